The Labute approximate surface area is 188 Å². The number of pyridine rings is 1. The van der Waals surface area contributed by atoms with Crippen LogP contribution in [0.15, 0.2) is 23.0 Å². The number of fused-ring (bicyclic) bond motifs is 1. The largest absolute Gasteiger partial charge is 0.322 e. The predicted octanol–water partition coefficient (Wildman–Crippen LogP) is 2.97. The lowest BCUT2D eigenvalue weighted by Gasteiger charge is -2.38. The molecular formula is C24H33N7O. The molecule has 1 N–H and O–H groups in total. The molecule has 32 heavy (non-hydrogen) atoms. The quantitative estimate of drug-likeness (QED) is 0.663. The normalized spacial score (nSPS) is 19.7. The van der Waals surface area contributed by atoms with Gasteiger partial charge in [0.25, 0.3) is 5.56 Å². The minimum Gasteiger partial charge on any atom is -0.322 e. The number of nitrogens with one attached hydrogen (secondary N) is 1. The highest BCUT2D eigenvalue weighted by Gasteiger charge is 2.34. The van der Waals surface area contributed by atoms with E-state index in [-0.39, 0.29) is 11.6 Å². The summed E-state index contributed by atoms with van der Waals surface area (Å²) < 4.78 is 2.01. The second kappa shape index (κ2) is 8.75. The molecule has 0 bridgehead atoms. The molecular weight excluding hydrogens is 402 g/mol. The van der Waals surface area contributed by atoms with Crippen molar-refractivity contribution in [1.82, 2.24) is 35.0 Å². The van der Waals surface area contributed by atoms with Gasteiger partial charge in [0.15, 0.2) is 5.82 Å². The van der Waals surface area contributed by atoms with Gasteiger partial charge in [-0.25, -0.2) is 4.68 Å². The molecule has 5 rings (SSSR count). The molecule has 0 radical (unpaired) electrons. The van der Waals surface area contributed by atoms with Gasteiger partial charge in [-0.05, 0) is 66.9 Å². The summed E-state index contributed by atoms with van der Waals surface area (Å²) in [5.74, 6) is 0.802. The number of rotatable bonds is 5. The van der Waals surface area contributed by atoms with E-state index < -0.39 is 0 Å². The van der Waals surface area contributed by atoms with Gasteiger partial charge in [0.1, 0.15) is 6.04 Å². The minimum atomic E-state index is -0.251. The minimum absolute atomic E-state index is 0.0496. The molecule has 1 saturated carbocycles. The Balaban J connectivity index is 1.63. The fourth-order valence-electron chi connectivity index (χ4n) is 5.52. The Hall–Kier alpha value is -2.58. The van der Waals surface area contributed by atoms with Crippen LogP contribution in [0.4, 0.5) is 0 Å². The van der Waals surface area contributed by atoms with Crippen LogP contribution in [-0.2, 0) is 0 Å². The number of benzene rings is 1. The molecule has 2 aromatic heterocycles. The number of tetrazole rings is 1. The first-order valence-electron chi connectivity index (χ1n) is 11.9. The average Bonchev–Trinajstić information content (AvgIpc) is 3.47. The lowest BCUT2D eigenvalue weighted by atomic mass is 9.99. The van der Waals surface area contributed by atoms with Gasteiger partial charge >= 0.3 is 0 Å². The maximum Gasteiger partial charge on any atom is 0.253 e. The van der Waals surface area contributed by atoms with E-state index in [1.807, 2.05) is 10.7 Å². The predicted molar refractivity (Wildman–Crippen MR) is 125 cm³/mol. The summed E-state index contributed by atoms with van der Waals surface area (Å²) in [5.41, 5.74) is 3.90. The number of piperazine rings is 1. The van der Waals surface area contributed by atoms with Crippen molar-refractivity contribution in [1.29, 1.82) is 0 Å². The molecule has 2 fully saturated rings. The van der Waals surface area contributed by atoms with Crippen molar-refractivity contribution in [2.24, 2.45) is 0 Å². The van der Waals surface area contributed by atoms with Crippen LogP contribution in [0.2, 0.25) is 0 Å². The summed E-state index contributed by atoms with van der Waals surface area (Å²) in [6.45, 7) is 11.2. The van der Waals surface area contributed by atoms with E-state index in [0.717, 1.165) is 73.4 Å². The standard InChI is InChI=1S/C24H33N7O/c1-4-29-9-11-30(12-10-29)22(23-26-27-28-31(23)18-7-5-6-8-18)20-15-19-17(3)13-16(2)14-21(19)25-24(20)32/h13-15,18,22H,4-12H2,1-3H3,(H,25,32). The Morgan fingerprint density at radius 3 is 2.56 bits per heavy atom. The van der Waals surface area contributed by atoms with Gasteiger partial charge in [0, 0.05) is 42.6 Å². The van der Waals surface area contributed by atoms with E-state index >= 15 is 0 Å². The lowest BCUT2D eigenvalue weighted by Crippen LogP contribution is -2.49. The Morgan fingerprint density at radius 1 is 1.09 bits per heavy atom. The maximum atomic E-state index is 13.4. The summed E-state index contributed by atoms with van der Waals surface area (Å²) in [4.78, 5) is 21.4. The van der Waals surface area contributed by atoms with Crippen LogP contribution in [0.5, 0.6) is 0 Å². The van der Waals surface area contributed by atoms with E-state index in [1.54, 1.807) is 0 Å². The molecule has 1 aliphatic heterocycles. The van der Waals surface area contributed by atoms with Crippen molar-refractivity contribution in [2.75, 3.05) is 32.7 Å². The molecule has 0 amide bonds. The first kappa shape index (κ1) is 21.3. The molecule has 2 aliphatic rings. The van der Waals surface area contributed by atoms with E-state index in [2.05, 4.69) is 63.2 Å². The Kier molecular flexibility index (Phi) is 5.82. The highest BCUT2D eigenvalue weighted by molar-refractivity contribution is 5.83. The van der Waals surface area contributed by atoms with Crippen LogP contribution in [0.1, 0.15) is 67.2 Å². The fourth-order valence-corrected chi connectivity index (χ4v) is 5.52. The first-order chi connectivity index (χ1) is 15.5. The molecule has 1 atom stereocenters. The zero-order valence-corrected chi connectivity index (χ0v) is 19.3. The number of aryl methyl sites for hydroxylation is 2. The highest BCUT2D eigenvalue weighted by atomic mass is 16.1. The lowest BCUT2D eigenvalue weighted by molar-refractivity contribution is 0.107. The first-order valence-corrected chi connectivity index (χ1v) is 11.9. The van der Waals surface area contributed by atoms with Crippen LogP contribution in [0.3, 0.4) is 0 Å². The molecule has 8 heteroatoms. The molecule has 1 unspecified atom stereocenters. The van der Waals surface area contributed by atoms with E-state index in [9.17, 15) is 4.79 Å². The van der Waals surface area contributed by atoms with Crippen molar-refractivity contribution in [3.05, 3.63) is 51.1 Å². The number of H-pyrrole nitrogens is 1. The van der Waals surface area contributed by atoms with Gasteiger partial charge in [-0.2, -0.15) is 0 Å². The van der Waals surface area contributed by atoms with Crippen molar-refractivity contribution < 1.29 is 0 Å². The van der Waals surface area contributed by atoms with Gasteiger partial charge < -0.3 is 9.88 Å². The Morgan fingerprint density at radius 2 is 1.84 bits per heavy atom. The molecule has 3 heterocycles. The smallest absolute Gasteiger partial charge is 0.253 e. The summed E-state index contributed by atoms with van der Waals surface area (Å²) in [6, 6.07) is 6.36. The molecule has 3 aromatic rings. The summed E-state index contributed by atoms with van der Waals surface area (Å²) in [5, 5.41) is 14.1. The van der Waals surface area contributed by atoms with Gasteiger partial charge in [-0.3, -0.25) is 9.69 Å². The third-order valence-electron chi connectivity index (χ3n) is 7.29. The van der Waals surface area contributed by atoms with Crippen molar-refractivity contribution in [3.8, 4) is 0 Å². The summed E-state index contributed by atoms with van der Waals surface area (Å²) >= 11 is 0. The highest BCUT2D eigenvalue weighted by Crippen LogP contribution is 2.34. The van der Waals surface area contributed by atoms with Crippen LogP contribution >= 0.6 is 0 Å². The molecule has 1 aliphatic carbocycles. The van der Waals surface area contributed by atoms with Crippen LogP contribution in [0, 0.1) is 13.8 Å². The zero-order valence-electron chi connectivity index (χ0n) is 19.3. The SMILES string of the molecule is CCN1CCN(C(c2cc3c(C)cc(C)cc3[nH]c2=O)c2nnnn2C2CCCC2)CC1. The van der Waals surface area contributed by atoms with Crippen molar-refractivity contribution in [2.45, 2.75) is 58.5 Å². The number of nitrogens with zero attached hydrogens (tertiary/aromatic N) is 6. The number of aromatic amines is 1. The van der Waals surface area contributed by atoms with Gasteiger partial charge in [-0.15, -0.1) is 5.10 Å². The van der Waals surface area contributed by atoms with E-state index in [4.69, 9.17) is 0 Å². The third-order valence-corrected chi connectivity index (χ3v) is 7.29. The molecule has 1 saturated heterocycles. The molecule has 1 aromatic carbocycles. The number of hydrogen-bond acceptors (Lipinski definition) is 6. The third kappa shape index (κ3) is 3.86. The molecule has 170 valence electrons. The number of aromatic nitrogens is 5. The van der Waals surface area contributed by atoms with Gasteiger partial charge in [0.05, 0.1) is 6.04 Å². The van der Waals surface area contributed by atoms with Gasteiger partial charge in [-0.1, -0.05) is 25.8 Å². The van der Waals surface area contributed by atoms with Gasteiger partial charge in [0.2, 0.25) is 0 Å². The number of hydrogen-bond donors (Lipinski definition) is 1. The maximum absolute atomic E-state index is 13.4. The van der Waals surface area contributed by atoms with Crippen LogP contribution in [-0.4, -0.2) is 67.7 Å². The Bertz CT molecular complexity index is 1150. The second-order valence-electron chi connectivity index (χ2n) is 9.39. The van der Waals surface area contributed by atoms with E-state index in [0.29, 0.717) is 6.04 Å². The van der Waals surface area contributed by atoms with Crippen LogP contribution < -0.4 is 5.56 Å². The summed E-state index contributed by atoms with van der Waals surface area (Å²) in [7, 11) is 0. The monoisotopic (exact) mass is 435 g/mol. The molecule has 8 nitrogen and oxygen atoms in total. The number of likely N-dealkylation sites (N-methyl/N-ethyl adjacent to an activating group) is 1. The topological polar surface area (TPSA) is 82.9 Å². The second-order valence-corrected chi connectivity index (χ2v) is 9.39. The average molecular weight is 436 g/mol. The fraction of sp³-hybridized carbons (Fsp3) is 0.583. The molecule has 0 spiro atoms. The zero-order chi connectivity index (χ0) is 22.2. The van der Waals surface area contributed by atoms with Crippen molar-refractivity contribution in [3.63, 3.8) is 0 Å². The summed E-state index contributed by atoms with van der Waals surface area (Å²) in [6.07, 6.45) is 4.61. The van der Waals surface area contributed by atoms with Crippen molar-refractivity contribution >= 4 is 10.9 Å². The van der Waals surface area contributed by atoms with Crippen LogP contribution in [0.25, 0.3) is 10.9 Å². The van der Waals surface area contributed by atoms with E-state index in [1.165, 1.54) is 18.4 Å².